The first-order valence-electron chi connectivity index (χ1n) is 13.0. The zero-order valence-corrected chi connectivity index (χ0v) is 23.5. The van der Waals surface area contributed by atoms with E-state index in [0.717, 1.165) is 22.8 Å². The van der Waals surface area contributed by atoms with E-state index in [-0.39, 0.29) is 17.7 Å². The summed E-state index contributed by atoms with van der Waals surface area (Å²) in [6.45, 7) is 0.516. The number of ether oxygens (including phenoxy) is 2. The van der Waals surface area contributed by atoms with Gasteiger partial charge in [-0.05, 0) is 84.0 Å². The minimum absolute atomic E-state index is 0.0386. The Balaban J connectivity index is 1.52. The van der Waals surface area contributed by atoms with Gasteiger partial charge in [-0.2, -0.15) is 0 Å². The number of carbonyl (C=O) groups excluding carboxylic acids is 2. The van der Waals surface area contributed by atoms with Crippen molar-refractivity contribution in [3.8, 4) is 5.75 Å². The van der Waals surface area contributed by atoms with E-state index in [9.17, 15) is 14.0 Å². The van der Waals surface area contributed by atoms with Crippen molar-refractivity contribution in [2.24, 2.45) is 0 Å². The van der Waals surface area contributed by atoms with Gasteiger partial charge in [-0.25, -0.2) is 14.2 Å². The van der Waals surface area contributed by atoms with E-state index >= 15 is 0 Å². The van der Waals surface area contributed by atoms with E-state index < -0.39 is 18.0 Å². The molecule has 1 saturated heterocycles. The standard InChI is InChI=1S/C30H30FN5O4S/c1-39-25-15-18(5-9-23(25)31)27(34-19-6-8-21-17(14-19)11-12-33-28(21)32)29(37)36-13-3-4-24(36)22-16-20(7-10-26(22)41)35-30(38)40-2/h5-12,14-16,24,27,34,41H,3-4,13H2,1-2H3,(H2,32,33)(H,35,38)/t24-,27-/m1/s1. The Labute approximate surface area is 242 Å². The quantitative estimate of drug-likeness (QED) is 0.201. The SMILES string of the molecule is COC(=O)Nc1ccc(S)c([C@H]2CCCN2C(=O)[C@H](Nc2ccc3c(N)nccc3c2)c2ccc(F)c(OC)c2)c1. The average molecular weight is 576 g/mol. The van der Waals surface area contributed by atoms with E-state index in [0.29, 0.717) is 40.6 Å². The molecular weight excluding hydrogens is 545 g/mol. The van der Waals surface area contributed by atoms with Crippen molar-refractivity contribution in [2.75, 3.05) is 37.1 Å². The van der Waals surface area contributed by atoms with Crippen molar-refractivity contribution in [1.29, 1.82) is 0 Å². The van der Waals surface area contributed by atoms with Gasteiger partial charge in [0.15, 0.2) is 11.6 Å². The molecule has 5 rings (SSSR count). The summed E-state index contributed by atoms with van der Waals surface area (Å²) in [6.07, 6.45) is 2.52. The van der Waals surface area contributed by atoms with E-state index in [1.54, 1.807) is 35.4 Å². The molecule has 0 unspecified atom stereocenters. The number of methoxy groups -OCH3 is 2. The average Bonchev–Trinajstić information content (AvgIpc) is 3.47. The van der Waals surface area contributed by atoms with Gasteiger partial charge >= 0.3 is 6.09 Å². The zero-order valence-electron chi connectivity index (χ0n) is 22.6. The molecule has 2 atom stereocenters. The van der Waals surface area contributed by atoms with Gasteiger partial charge in [0.1, 0.15) is 11.9 Å². The fourth-order valence-electron chi connectivity index (χ4n) is 5.19. The summed E-state index contributed by atoms with van der Waals surface area (Å²) in [5.41, 5.74) is 8.58. The highest BCUT2D eigenvalue weighted by Gasteiger charge is 2.36. The molecule has 2 heterocycles. The number of benzene rings is 3. The second-order valence-corrected chi connectivity index (χ2v) is 10.2. The molecular formula is C30H30FN5O4S. The third kappa shape index (κ3) is 5.85. The summed E-state index contributed by atoms with van der Waals surface area (Å²) in [5.74, 6) is -0.271. The number of anilines is 3. The first-order chi connectivity index (χ1) is 19.8. The molecule has 1 aliphatic heterocycles. The fourth-order valence-corrected chi connectivity index (χ4v) is 5.48. The minimum atomic E-state index is -0.860. The molecule has 4 aromatic rings. The minimum Gasteiger partial charge on any atom is -0.494 e. The highest BCUT2D eigenvalue weighted by molar-refractivity contribution is 7.80. The van der Waals surface area contributed by atoms with Crippen LogP contribution >= 0.6 is 12.6 Å². The summed E-state index contributed by atoms with van der Waals surface area (Å²) in [5, 5.41) is 7.69. The van der Waals surface area contributed by atoms with E-state index in [2.05, 4.69) is 28.2 Å². The van der Waals surface area contributed by atoms with Gasteiger partial charge in [0.25, 0.3) is 0 Å². The number of nitrogen functional groups attached to an aromatic ring is 1. The third-order valence-electron chi connectivity index (χ3n) is 7.22. The number of hydrogen-bond acceptors (Lipinski definition) is 8. The topological polar surface area (TPSA) is 119 Å². The fraction of sp³-hybridized carbons (Fsp3) is 0.233. The van der Waals surface area contributed by atoms with Gasteiger partial charge in [0, 0.05) is 34.4 Å². The smallest absolute Gasteiger partial charge is 0.411 e. The Morgan fingerprint density at radius 2 is 1.90 bits per heavy atom. The van der Waals surface area contributed by atoms with Crippen LogP contribution in [0.3, 0.4) is 0 Å². The number of rotatable bonds is 7. The second-order valence-electron chi connectivity index (χ2n) is 9.68. The van der Waals surface area contributed by atoms with Crippen LogP contribution in [-0.2, 0) is 9.53 Å². The lowest BCUT2D eigenvalue weighted by molar-refractivity contribution is -0.133. The number of thiol groups is 1. The van der Waals surface area contributed by atoms with E-state index in [1.165, 1.54) is 26.4 Å². The molecule has 0 spiro atoms. The lowest BCUT2D eigenvalue weighted by atomic mass is 10.0. The predicted molar refractivity (Wildman–Crippen MR) is 159 cm³/mol. The Bertz CT molecular complexity index is 1620. The van der Waals surface area contributed by atoms with Crippen molar-refractivity contribution in [2.45, 2.75) is 29.8 Å². The zero-order chi connectivity index (χ0) is 29.1. The van der Waals surface area contributed by atoms with Crippen LogP contribution in [0.1, 0.15) is 36.1 Å². The molecule has 1 fully saturated rings. The number of amides is 2. The van der Waals surface area contributed by atoms with Crippen LogP contribution in [0.5, 0.6) is 5.75 Å². The number of nitrogens with one attached hydrogen (secondary N) is 2. The van der Waals surface area contributed by atoms with Crippen LogP contribution in [-0.4, -0.2) is 42.6 Å². The Morgan fingerprint density at radius 3 is 2.68 bits per heavy atom. The molecule has 9 nitrogen and oxygen atoms in total. The number of halogens is 1. The molecule has 0 radical (unpaired) electrons. The highest BCUT2D eigenvalue weighted by atomic mass is 32.1. The number of nitrogens with two attached hydrogens (primary N) is 1. The summed E-state index contributed by atoms with van der Waals surface area (Å²) < 4.78 is 24.3. The molecule has 2 amide bonds. The van der Waals surface area contributed by atoms with Crippen molar-refractivity contribution in [3.63, 3.8) is 0 Å². The van der Waals surface area contributed by atoms with Gasteiger partial charge in [0.05, 0.1) is 20.3 Å². The van der Waals surface area contributed by atoms with Crippen molar-refractivity contribution in [3.05, 3.63) is 83.8 Å². The van der Waals surface area contributed by atoms with E-state index in [1.807, 2.05) is 24.3 Å². The first kappa shape index (κ1) is 28.0. The normalized spacial score (nSPS) is 15.4. The molecule has 11 heteroatoms. The van der Waals surface area contributed by atoms with Crippen LogP contribution in [0.2, 0.25) is 0 Å². The summed E-state index contributed by atoms with van der Waals surface area (Å²) >= 11 is 4.65. The van der Waals surface area contributed by atoms with Crippen LogP contribution in [0.4, 0.5) is 26.4 Å². The van der Waals surface area contributed by atoms with Gasteiger partial charge in [0.2, 0.25) is 5.91 Å². The molecule has 41 heavy (non-hydrogen) atoms. The Morgan fingerprint density at radius 1 is 1.10 bits per heavy atom. The number of fused-ring (bicyclic) bond motifs is 1. The Kier molecular flexibility index (Phi) is 8.16. The molecule has 3 aromatic carbocycles. The first-order valence-corrected chi connectivity index (χ1v) is 13.5. The van der Waals surface area contributed by atoms with Crippen LogP contribution < -0.4 is 21.1 Å². The Hall–Kier alpha value is -4.51. The molecule has 0 saturated carbocycles. The molecule has 0 bridgehead atoms. The molecule has 0 aliphatic carbocycles. The summed E-state index contributed by atoms with van der Waals surface area (Å²) in [4.78, 5) is 32.8. The number of carbonyl (C=O) groups is 2. The molecule has 212 valence electrons. The number of aromatic nitrogens is 1. The number of pyridine rings is 1. The lowest BCUT2D eigenvalue weighted by Crippen LogP contribution is -2.38. The molecule has 1 aliphatic rings. The van der Waals surface area contributed by atoms with E-state index in [4.69, 9.17) is 15.2 Å². The maximum Gasteiger partial charge on any atom is 0.411 e. The van der Waals surface area contributed by atoms with Gasteiger partial charge in [-0.1, -0.05) is 6.07 Å². The van der Waals surface area contributed by atoms with Crippen molar-refractivity contribution < 1.29 is 23.5 Å². The second kappa shape index (κ2) is 11.9. The van der Waals surface area contributed by atoms with Crippen LogP contribution in [0.25, 0.3) is 10.8 Å². The van der Waals surface area contributed by atoms with Gasteiger partial charge < -0.3 is 25.4 Å². The maximum atomic E-state index is 14.4. The lowest BCUT2D eigenvalue weighted by Gasteiger charge is -2.31. The predicted octanol–water partition coefficient (Wildman–Crippen LogP) is 5.95. The van der Waals surface area contributed by atoms with Crippen molar-refractivity contribution in [1.82, 2.24) is 9.88 Å². The van der Waals surface area contributed by atoms with Gasteiger partial charge in [-0.3, -0.25) is 10.1 Å². The number of hydrogen-bond donors (Lipinski definition) is 4. The summed E-state index contributed by atoms with van der Waals surface area (Å²) in [6, 6.07) is 16.0. The third-order valence-corrected chi connectivity index (χ3v) is 7.62. The number of likely N-dealkylation sites (tertiary alicyclic amines) is 1. The molecule has 4 N–H and O–H groups in total. The largest absolute Gasteiger partial charge is 0.494 e. The monoisotopic (exact) mass is 575 g/mol. The number of nitrogens with zero attached hydrogens (tertiary/aromatic N) is 2. The van der Waals surface area contributed by atoms with Crippen LogP contribution in [0, 0.1) is 5.82 Å². The highest BCUT2D eigenvalue weighted by Crippen LogP contribution is 2.39. The molecule has 1 aromatic heterocycles. The maximum absolute atomic E-state index is 14.4. The van der Waals surface area contributed by atoms with Crippen LogP contribution in [0.15, 0.2) is 71.8 Å². The van der Waals surface area contributed by atoms with Gasteiger partial charge in [-0.15, -0.1) is 12.6 Å². The summed E-state index contributed by atoms with van der Waals surface area (Å²) in [7, 11) is 2.67. The van der Waals surface area contributed by atoms with Crippen molar-refractivity contribution >= 4 is 52.6 Å².